The molecular weight excluding hydrogens is 242 g/mol. The van der Waals surface area contributed by atoms with Crippen LogP contribution in [0.2, 0.25) is 0 Å². The number of nitrogens with one attached hydrogen (secondary N) is 1. The number of rotatable bonds is 4. The second-order valence-electron chi connectivity index (χ2n) is 4.42. The lowest BCUT2D eigenvalue weighted by atomic mass is 10.1. The summed E-state index contributed by atoms with van der Waals surface area (Å²) in [5.74, 6) is -1.33. The molecule has 3 N–H and O–H groups in total. The van der Waals surface area contributed by atoms with Crippen LogP contribution in [0.5, 0.6) is 0 Å². The predicted octanol–water partition coefficient (Wildman–Crippen LogP) is 2.81. The van der Waals surface area contributed by atoms with Crippen LogP contribution in [0, 0.1) is 17.6 Å². The van der Waals surface area contributed by atoms with Gasteiger partial charge in [0.05, 0.1) is 5.69 Å². The van der Waals surface area contributed by atoms with Crippen molar-refractivity contribution in [1.82, 2.24) is 0 Å². The molecule has 0 radical (unpaired) electrons. The number of halogens is 2. The molecule has 1 aromatic rings. The van der Waals surface area contributed by atoms with E-state index in [4.69, 9.17) is 5.73 Å². The van der Waals surface area contributed by atoms with Crippen molar-refractivity contribution in [1.29, 1.82) is 0 Å². The summed E-state index contributed by atoms with van der Waals surface area (Å²) in [7, 11) is 0. The Balaban J connectivity index is 2.23. The molecular formula is C12H14F2N2S. The van der Waals surface area contributed by atoms with E-state index >= 15 is 0 Å². The third-order valence-electron chi connectivity index (χ3n) is 3.06. The van der Waals surface area contributed by atoms with Crippen LogP contribution in [-0.4, -0.2) is 11.0 Å². The van der Waals surface area contributed by atoms with Crippen LogP contribution >= 0.6 is 12.2 Å². The highest BCUT2D eigenvalue weighted by Gasteiger charge is 2.28. The third kappa shape index (κ3) is 2.54. The van der Waals surface area contributed by atoms with Gasteiger partial charge < -0.3 is 11.1 Å². The van der Waals surface area contributed by atoms with E-state index in [0.29, 0.717) is 5.92 Å². The molecule has 0 aliphatic heterocycles. The van der Waals surface area contributed by atoms with Crippen LogP contribution in [0.4, 0.5) is 14.5 Å². The van der Waals surface area contributed by atoms with Gasteiger partial charge in [-0.3, -0.25) is 0 Å². The van der Waals surface area contributed by atoms with Crippen molar-refractivity contribution < 1.29 is 8.78 Å². The van der Waals surface area contributed by atoms with Crippen molar-refractivity contribution in [3.05, 3.63) is 29.3 Å². The molecule has 0 heterocycles. The van der Waals surface area contributed by atoms with Gasteiger partial charge in [-0.25, -0.2) is 8.78 Å². The van der Waals surface area contributed by atoms with Crippen LogP contribution in [0.1, 0.15) is 25.3 Å². The fraction of sp³-hybridized carbons (Fsp3) is 0.417. The summed E-state index contributed by atoms with van der Waals surface area (Å²) in [6, 6.07) is 3.04. The Kier molecular flexibility index (Phi) is 3.28. The van der Waals surface area contributed by atoms with Gasteiger partial charge in [0.2, 0.25) is 0 Å². The first kappa shape index (κ1) is 12.2. The topological polar surface area (TPSA) is 38.0 Å². The van der Waals surface area contributed by atoms with E-state index in [-0.39, 0.29) is 22.3 Å². The average Bonchev–Trinajstić information content (AvgIpc) is 3.08. The molecule has 0 bridgehead atoms. The van der Waals surface area contributed by atoms with Crippen molar-refractivity contribution in [2.45, 2.75) is 25.8 Å². The van der Waals surface area contributed by atoms with Gasteiger partial charge in [0.1, 0.15) is 4.99 Å². The Morgan fingerprint density at radius 2 is 2.06 bits per heavy atom. The van der Waals surface area contributed by atoms with E-state index in [9.17, 15) is 8.78 Å². The molecule has 1 atom stereocenters. The highest BCUT2D eigenvalue weighted by molar-refractivity contribution is 7.80. The molecule has 2 rings (SSSR count). The highest BCUT2D eigenvalue weighted by Crippen LogP contribution is 2.34. The van der Waals surface area contributed by atoms with Crippen LogP contribution < -0.4 is 11.1 Å². The molecule has 1 unspecified atom stereocenters. The molecule has 17 heavy (non-hydrogen) atoms. The van der Waals surface area contributed by atoms with Gasteiger partial charge in [0.15, 0.2) is 11.6 Å². The maximum Gasteiger partial charge on any atom is 0.182 e. The van der Waals surface area contributed by atoms with Crippen molar-refractivity contribution in [2.75, 3.05) is 5.32 Å². The molecule has 5 heteroatoms. The summed E-state index contributed by atoms with van der Waals surface area (Å²) >= 11 is 4.64. The molecule has 1 aliphatic rings. The first-order chi connectivity index (χ1) is 8.00. The summed E-state index contributed by atoms with van der Waals surface area (Å²) in [4.78, 5) is -0.136. The van der Waals surface area contributed by atoms with Crippen LogP contribution in [0.25, 0.3) is 0 Å². The highest BCUT2D eigenvalue weighted by atomic mass is 32.1. The molecule has 0 aromatic heterocycles. The molecule has 92 valence electrons. The molecule has 0 spiro atoms. The van der Waals surface area contributed by atoms with Crippen LogP contribution in [0.15, 0.2) is 12.1 Å². The fourth-order valence-electron chi connectivity index (χ4n) is 1.81. The lowest BCUT2D eigenvalue weighted by molar-refractivity contribution is 0.507. The summed E-state index contributed by atoms with van der Waals surface area (Å²) in [6.07, 6.45) is 2.28. The van der Waals surface area contributed by atoms with Gasteiger partial charge in [-0.05, 0) is 37.8 Å². The largest absolute Gasteiger partial charge is 0.389 e. The standard InChI is InChI=1S/C12H14F2N2S/c1-6(7-2-3-7)16-9-5-4-8(12(15)17)10(13)11(9)14/h4-7,16H,2-3H2,1H3,(H2,15,17). The zero-order valence-corrected chi connectivity index (χ0v) is 10.3. The normalized spacial score (nSPS) is 16.6. The van der Waals surface area contributed by atoms with Crippen LogP contribution in [0.3, 0.4) is 0 Å². The van der Waals surface area contributed by atoms with E-state index in [0.717, 1.165) is 12.8 Å². The van der Waals surface area contributed by atoms with Gasteiger partial charge >= 0.3 is 0 Å². The number of anilines is 1. The second kappa shape index (κ2) is 4.56. The number of nitrogens with two attached hydrogens (primary N) is 1. The Labute approximate surface area is 104 Å². The van der Waals surface area contributed by atoms with Crippen molar-refractivity contribution >= 4 is 22.9 Å². The maximum atomic E-state index is 13.7. The Bertz CT molecular complexity index is 458. The smallest absolute Gasteiger partial charge is 0.182 e. The summed E-state index contributed by atoms with van der Waals surface area (Å²) in [6.45, 7) is 1.97. The quantitative estimate of drug-likeness (QED) is 0.814. The van der Waals surface area contributed by atoms with E-state index < -0.39 is 11.6 Å². The Morgan fingerprint density at radius 1 is 1.41 bits per heavy atom. The molecule has 1 aliphatic carbocycles. The lowest BCUT2D eigenvalue weighted by Gasteiger charge is -2.16. The number of hydrogen-bond acceptors (Lipinski definition) is 2. The van der Waals surface area contributed by atoms with E-state index in [1.54, 1.807) is 0 Å². The summed E-state index contributed by atoms with van der Waals surface area (Å²) in [5.41, 5.74) is 5.41. The van der Waals surface area contributed by atoms with Gasteiger partial charge in [-0.1, -0.05) is 12.2 Å². The predicted molar refractivity (Wildman–Crippen MR) is 68.1 cm³/mol. The van der Waals surface area contributed by atoms with Gasteiger partial charge in [-0.2, -0.15) is 0 Å². The molecule has 2 nitrogen and oxygen atoms in total. The summed E-state index contributed by atoms with van der Waals surface area (Å²) in [5, 5.41) is 2.98. The molecule has 1 aromatic carbocycles. The summed E-state index contributed by atoms with van der Waals surface area (Å²) < 4.78 is 27.3. The number of thiocarbonyl (C=S) groups is 1. The minimum atomic E-state index is -0.981. The van der Waals surface area contributed by atoms with E-state index in [1.807, 2.05) is 6.92 Å². The van der Waals surface area contributed by atoms with Crippen molar-refractivity contribution in [2.24, 2.45) is 11.7 Å². The van der Waals surface area contributed by atoms with Gasteiger partial charge in [0, 0.05) is 11.6 Å². The zero-order valence-electron chi connectivity index (χ0n) is 9.47. The number of benzene rings is 1. The van der Waals surface area contributed by atoms with Gasteiger partial charge in [0.25, 0.3) is 0 Å². The van der Waals surface area contributed by atoms with Crippen molar-refractivity contribution in [3.63, 3.8) is 0 Å². The fourth-order valence-corrected chi connectivity index (χ4v) is 1.97. The first-order valence-electron chi connectivity index (χ1n) is 5.55. The first-order valence-corrected chi connectivity index (χ1v) is 5.96. The van der Waals surface area contributed by atoms with E-state index in [1.165, 1.54) is 12.1 Å². The average molecular weight is 256 g/mol. The van der Waals surface area contributed by atoms with Gasteiger partial charge in [-0.15, -0.1) is 0 Å². The molecule has 0 saturated heterocycles. The minimum absolute atomic E-state index is 0.0536. The molecule has 0 amide bonds. The molecule has 1 fully saturated rings. The van der Waals surface area contributed by atoms with E-state index in [2.05, 4.69) is 17.5 Å². The zero-order chi connectivity index (χ0) is 12.6. The molecule has 1 saturated carbocycles. The monoisotopic (exact) mass is 256 g/mol. The number of hydrogen-bond donors (Lipinski definition) is 2. The Morgan fingerprint density at radius 3 is 2.59 bits per heavy atom. The minimum Gasteiger partial charge on any atom is -0.389 e. The Hall–Kier alpha value is -1.23. The SMILES string of the molecule is CC(Nc1ccc(C(N)=S)c(F)c1F)C1CC1. The maximum absolute atomic E-state index is 13.7. The van der Waals surface area contributed by atoms with Crippen molar-refractivity contribution in [3.8, 4) is 0 Å². The van der Waals surface area contributed by atoms with Crippen LogP contribution in [-0.2, 0) is 0 Å². The third-order valence-corrected chi connectivity index (χ3v) is 3.28. The lowest BCUT2D eigenvalue weighted by Crippen LogP contribution is -2.19. The second-order valence-corrected chi connectivity index (χ2v) is 4.86.